The summed E-state index contributed by atoms with van der Waals surface area (Å²) in [6.07, 6.45) is -0.621. The van der Waals surface area contributed by atoms with Gasteiger partial charge in [-0.05, 0) is 55.3 Å². The lowest BCUT2D eigenvalue weighted by molar-refractivity contribution is -0.145. The number of hydrogen-bond donors (Lipinski definition) is 4. The highest BCUT2D eigenvalue weighted by molar-refractivity contribution is 5.96. The molecule has 194 valence electrons. The van der Waals surface area contributed by atoms with Crippen LogP contribution in [0.4, 0.5) is 8.78 Å². The molecule has 2 aliphatic carbocycles. The maximum Gasteiger partial charge on any atom is 0.315 e. The third kappa shape index (κ3) is 4.97. The Balaban J connectivity index is 1.50. The highest BCUT2D eigenvalue weighted by Gasteiger charge is 2.70. The number of amides is 5. The Bertz CT molecular complexity index is 924. The third-order valence-corrected chi connectivity index (χ3v) is 8.20. The molecule has 6 atom stereocenters. The molecule has 0 unspecified atom stereocenters. The van der Waals surface area contributed by atoms with Gasteiger partial charge in [-0.2, -0.15) is 8.78 Å². The summed E-state index contributed by atoms with van der Waals surface area (Å²) in [7, 11) is 0. The normalized spacial score (nSPS) is 30.7. The van der Waals surface area contributed by atoms with E-state index in [2.05, 4.69) is 16.0 Å². The Morgan fingerprint density at radius 2 is 1.86 bits per heavy atom. The Hall–Kier alpha value is -2.79. The molecule has 4 rings (SSSR count). The summed E-state index contributed by atoms with van der Waals surface area (Å²) in [5.74, 6) is -4.47. The van der Waals surface area contributed by atoms with Crippen molar-refractivity contribution in [1.29, 1.82) is 0 Å². The second-order valence-electron chi connectivity index (χ2n) is 10.8. The van der Waals surface area contributed by atoms with Crippen molar-refractivity contribution in [2.75, 3.05) is 13.1 Å². The van der Waals surface area contributed by atoms with Crippen molar-refractivity contribution in [3.63, 3.8) is 0 Å². The topological polar surface area (TPSA) is 151 Å². The van der Waals surface area contributed by atoms with Crippen molar-refractivity contribution in [2.24, 2.45) is 34.8 Å². The van der Waals surface area contributed by atoms with Crippen LogP contribution in [0.3, 0.4) is 0 Å². The van der Waals surface area contributed by atoms with Gasteiger partial charge in [-0.3, -0.25) is 24.0 Å². The largest absolute Gasteiger partial charge is 0.368 e. The molecule has 0 aromatic heterocycles. The van der Waals surface area contributed by atoms with E-state index in [9.17, 15) is 32.8 Å². The van der Waals surface area contributed by atoms with Crippen molar-refractivity contribution in [1.82, 2.24) is 20.9 Å². The minimum absolute atomic E-state index is 0.0315. The van der Waals surface area contributed by atoms with Gasteiger partial charge in [-0.15, -0.1) is 0 Å². The van der Waals surface area contributed by atoms with Gasteiger partial charge in [0, 0.05) is 19.0 Å². The minimum atomic E-state index is -3.25. The molecule has 5 amide bonds. The second-order valence-corrected chi connectivity index (χ2v) is 10.8. The van der Waals surface area contributed by atoms with Crippen LogP contribution in [-0.2, 0) is 24.0 Å². The van der Waals surface area contributed by atoms with E-state index in [1.807, 2.05) is 13.8 Å². The van der Waals surface area contributed by atoms with E-state index < -0.39 is 54.1 Å². The first-order valence-corrected chi connectivity index (χ1v) is 12.2. The average Bonchev–Trinajstić information content (AvgIpc) is 3.66. The zero-order chi connectivity index (χ0) is 25.7. The molecule has 4 fully saturated rings. The van der Waals surface area contributed by atoms with Crippen LogP contribution in [0.5, 0.6) is 0 Å². The van der Waals surface area contributed by atoms with E-state index in [1.165, 1.54) is 4.90 Å². The predicted octanol–water partition coefficient (Wildman–Crippen LogP) is -0.484. The van der Waals surface area contributed by atoms with E-state index in [1.54, 1.807) is 0 Å². The minimum Gasteiger partial charge on any atom is -0.368 e. The smallest absolute Gasteiger partial charge is 0.315 e. The number of alkyl halides is 2. The fourth-order valence-electron chi connectivity index (χ4n) is 5.87. The van der Waals surface area contributed by atoms with Crippen LogP contribution in [0.25, 0.3) is 0 Å². The molecule has 0 bridgehead atoms. The van der Waals surface area contributed by atoms with Crippen LogP contribution in [0.2, 0.25) is 0 Å². The molecule has 5 N–H and O–H groups in total. The number of rotatable bonds is 9. The SMILES string of the molecule is CC1(C)[C@@H]2[C@@H](C(=O)N[C@@H](C[C@@H]3CCCNC3=O)C(N)=O)N(C(=O)[C@@H](NC(=O)C(F)F)C3CC3)C[C@@H]21. The first-order chi connectivity index (χ1) is 16.4. The van der Waals surface area contributed by atoms with Crippen LogP contribution in [0.1, 0.15) is 46.0 Å². The van der Waals surface area contributed by atoms with E-state index >= 15 is 0 Å². The van der Waals surface area contributed by atoms with Gasteiger partial charge in [0.25, 0.3) is 5.91 Å². The number of nitrogens with zero attached hydrogens (tertiary/aromatic N) is 1. The number of fused-ring (bicyclic) bond motifs is 1. The molecule has 4 aliphatic rings. The van der Waals surface area contributed by atoms with Crippen molar-refractivity contribution >= 4 is 29.5 Å². The molecule has 0 aromatic rings. The summed E-state index contributed by atoms with van der Waals surface area (Å²) in [6, 6.07) is -3.13. The number of primary amides is 1. The molecule has 12 heteroatoms. The number of hydrogen-bond acceptors (Lipinski definition) is 5. The summed E-state index contributed by atoms with van der Waals surface area (Å²) < 4.78 is 25.7. The molecule has 0 radical (unpaired) electrons. The van der Waals surface area contributed by atoms with Crippen LogP contribution >= 0.6 is 0 Å². The number of halogens is 2. The number of carbonyl (C=O) groups is 5. The molecule has 2 saturated heterocycles. The van der Waals surface area contributed by atoms with Crippen molar-refractivity contribution in [3.8, 4) is 0 Å². The zero-order valence-electron chi connectivity index (χ0n) is 19.9. The van der Waals surface area contributed by atoms with Crippen LogP contribution in [0.15, 0.2) is 0 Å². The summed E-state index contributed by atoms with van der Waals surface area (Å²) >= 11 is 0. The van der Waals surface area contributed by atoms with Crippen LogP contribution in [0, 0.1) is 29.1 Å². The summed E-state index contributed by atoms with van der Waals surface area (Å²) in [5, 5.41) is 7.55. The Kier molecular flexibility index (Phi) is 6.76. The summed E-state index contributed by atoms with van der Waals surface area (Å²) in [4.78, 5) is 64.1. The van der Waals surface area contributed by atoms with Crippen molar-refractivity contribution < 1.29 is 32.8 Å². The highest BCUT2D eigenvalue weighted by atomic mass is 19.3. The van der Waals surface area contributed by atoms with E-state index in [4.69, 9.17) is 5.73 Å². The maximum atomic E-state index is 13.4. The fraction of sp³-hybridized carbons (Fsp3) is 0.783. The van der Waals surface area contributed by atoms with Crippen molar-refractivity contribution in [2.45, 2.75) is 70.5 Å². The quantitative estimate of drug-likeness (QED) is 0.339. The van der Waals surface area contributed by atoms with Crippen molar-refractivity contribution in [3.05, 3.63) is 0 Å². The number of nitrogens with two attached hydrogens (primary N) is 1. The lowest BCUT2D eigenvalue weighted by Crippen LogP contribution is -2.59. The zero-order valence-corrected chi connectivity index (χ0v) is 19.9. The molecule has 2 aliphatic heterocycles. The molecule has 0 spiro atoms. The van der Waals surface area contributed by atoms with Gasteiger partial charge in [-0.25, -0.2) is 0 Å². The van der Waals surface area contributed by atoms with E-state index in [0.717, 1.165) is 6.42 Å². The number of likely N-dealkylation sites (tertiary alicyclic amines) is 1. The Labute approximate surface area is 202 Å². The van der Waals surface area contributed by atoms with Crippen LogP contribution in [-0.4, -0.2) is 72.1 Å². The van der Waals surface area contributed by atoms with Gasteiger partial charge in [-0.1, -0.05) is 13.8 Å². The maximum absolute atomic E-state index is 13.4. The molecular weight excluding hydrogens is 464 g/mol. The first-order valence-electron chi connectivity index (χ1n) is 12.2. The lowest BCUT2D eigenvalue weighted by atomic mass is 9.91. The monoisotopic (exact) mass is 497 g/mol. The molecule has 35 heavy (non-hydrogen) atoms. The molecule has 2 saturated carbocycles. The second kappa shape index (κ2) is 9.34. The fourth-order valence-corrected chi connectivity index (χ4v) is 5.87. The number of nitrogens with one attached hydrogen (secondary N) is 3. The van der Waals surface area contributed by atoms with Gasteiger partial charge in [0.05, 0.1) is 0 Å². The predicted molar refractivity (Wildman–Crippen MR) is 118 cm³/mol. The van der Waals surface area contributed by atoms with E-state index in [0.29, 0.717) is 25.8 Å². The summed E-state index contributed by atoms with van der Waals surface area (Å²) in [5.41, 5.74) is 5.32. The standard InChI is InChI=1S/C23H33F2N5O5/c1-23(2)12-9-30(22(35)15(10-5-6-10)29-21(34)17(24)25)16(14(12)23)20(33)28-13(18(26)31)8-11-4-3-7-27-19(11)32/h10-17H,3-9H2,1-2H3,(H2,26,31)(H,27,32)(H,28,33)(H,29,34)/t11-,12-,13-,14-,15-,16-/m0/s1. The van der Waals surface area contributed by atoms with Gasteiger partial charge in [0.2, 0.25) is 23.6 Å². The van der Waals surface area contributed by atoms with Gasteiger partial charge in [0.1, 0.15) is 18.1 Å². The van der Waals surface area contributed by atoms with Crippen LogP contribution < -0.4 is 21.7 Å². The highest BCUT2D eigenvalue weighted by Crippen LogP contribution is 2.65. The van der Waals surface area contributed by atoms with Gasteiger partial charge in [0.15, 0.2) is 0 Å². The molecule has 10 nitrogen and oxygen atoms in total. The third-order valence-electron chi connectivity index (χ3n) is 8.20. The lowest BCUT2D eigenvalue weighted by Gasteiger charge is -2.34. The van der Waals surface area contributed by atoms with Gasteiger partial charge < -0.3 is 26.6 Å². The summed E-state index contributed by atoms with van der Waals surface area (Å²) in [6.45, 7) is 4.79. The first kappa shape index (κ1) is 25.3. The van der Waals surface area contributed by atoms with Gasteiger partial charge >= 0.3 is 6.43 Å². The number of carbonyl (C=O) groups excluding carboxylic acids is 5. The Morgan fingerprint density at radius 1 is 1.17 bits per heavy atom. The average molecular weight is 498 g/mol. The number of piperidine rings is 2. The van der Waals surface area contributed by atoms with E-state index in [-0.39, 0.29) is 42.0 Å². The molecule has 2 heterocycles. The Morgan fingerprint density at radius 3 is 2.43 bits per heavy atom. The molecular formula is C23H33F2N5O5. The molecule has 0 aromatic carbocycles.